The van der Waals surface area contributed by atoms with E-state index in [1.165, 1.54) is 33.0 Å². The van der Waals surface area contributed by atoms with Crippen molar-refractivity contribution in [3.8, 4) is 22.3 Å². The minimum Gasteiger partial charge on any atom is -0.453 e. The maximum atomic E-state index is 7.04. The quantitative estimate of drug-likeness (QED) is 0.207. The standard InChI is InChI=1S/C43H31NO/c1-43(2)37-22-12-11-20-33(37)34-25-24-31(27-38(34)43)44(30-17-7-4-8-18-30)39-23-13-21-35-36-26-29-16-9-10-19-32(29)40(42(36)45-41(35)39)28-14-5-3-6-15-28/h3-27H,1-2H3. The Bertz CT molecular complexity index is 2400. The highest BCUT2D eigenvalue weighted by molar-refractivity contribution is 6.20. The lowest BCUT2D eigenvalue weighted by atomic mass is 9.82. The third-order valence-corrected chi connectivity index (χ3v) is 9.63. The highest BCUT2D eigenvalue weighted by Gasteiger charge is 2.36. The first-order chi connectivity index (χ1) is 22.1. The first-order valence-electron chi connectivity index (χ1n) is 15.6. The lowest BCUT2D eigenvalue weighted by molar-refractivity contribution is 0.660. The SMILES string of the molecule is CC1(C)c2ccccc2-c2ccc(N(c3ccccc3)c3cccc4c3oc3c(-c5ccccc5)c5ccccc5cc34)cc21. The number of rotatable bonds is 4. The van der Waals surface area contributed by atoms with Gasteiger partial charge in [0.2, 0.25) is 0 Å². The van der Waals surface area contributed by atoms with Crippen LogP contribution in [0, 0.1) is 0 Å². The molecule has 0 unspecified atom stereocenters. The van der Waals surface area contributed by atoms with E-state index in [1.54, 1.807) is 0 Å². The first-order valence-corrected chi connectivity index (χ1v) is 15.6. The molecule has 0 amide bonds. The normalized spacial score (nSPS) is 13.3. The Morgan fingerprint density at radius 2 is 1.18 bits per heavy atom. The average Bonchev–Trinajstić information content (AvgIpc) is 3.57. The fourth-order valence-electron chi connectivity index (χ4n) is 7.48. The van der Waals surface area contributed by atoms with Crippen LogP contribution in [-0.2, 0) is 5.41 Å². The fourth-order valence-corrected chi connectivity index (χ4v) is 7.48. The number of fused-ring (bicyclic) bond motifs is 7. The molecule has 2 nitrogen and oxygen atoms in total. The molecule has 0 fully saturated rings. The summed E-state index contributed by atoms with van der Waals surface area (Å²) in [6, 6.07) is 54.5. The van der Waals surface area contributed by atoms with Crippen LogP contribution in [0.4, 0.5) is 17.1 Å². The molecule has 214 valence electrons. The van der Waals surface area contributed by atoms with Crippen molar-refractivity contribution in [1.82, 2.24) is 0 Å². The summed E-state index contributed by atoms with van der Waals surface area (Å²) in [5, 5.41) is 4.64. The minimum atomic E-state index is -0.0969. The van der Waals surface area contributed by atoms with Crippen LogP contribution < -0.4 is 4.90 Å². The average molecular weight is 578 g/mol. The molecule has 45 heavy (non-hydrogen) atoms. The molecule has 0 saturated heterocycles. The number of hydrogen-bond acceptors (Lipinski definition) is 2. The van der Waals surface area contributed by atoms with E-state index in [4.69, 9.17) is 4.42 Å². The summed E-state index contributed by atoms with van der Waals surface area (Å²) in [5.74, 6) is 0. The van der Waals surface area contributed by atoms with Crippen LogP contribution in [0.15, 0.2) is 156 Å². The van der Waals surface area contributed by atoms with Crippen molar-refractivity contribution in [2.24, 2.45) is 0 Å². The highest BCUT2D eigenvalue weighted by Crippen LogP contribution is 2.51. The fraction of sp³-hybridized carbons (Fsp3) is 0.0698. The number of anilines is 3. The Labute approximate surface area is 262 Å². The van der Waals surface area contributed by atoms with Gasteiger partial charge in [0.05, 0.1) is 5.69 Å². The van der Waals surface area contributed by atoms with Gasteiger partial charge in [-0.05, 0) is 75.0 Å². The van der Waals surface area contributed by atoms with Crippen LogP contribution in [-0.4, -0.2) is 0 Å². The van der Waals surface area contributed by atoms with E-state index in [-0.39, 0.29) is 5.41 Å². The van der Waals surface area contributed by atoms with Crippen LogP contribution in [0.1, 0.15) is 25.0 Å². The Balaban J connectivity index is 1.32. The van der Waals surface area contributed by atoms with Gasteiger partial charge in [-0.2, -0.15) is 0 Å². The molecule has 7 aromatic carbocycles. The third kappa shape index (κ3) is 3.82. The summed E-state index contributed by atoms with van der Waals surface area (Å²) in [5.41, 5.74) is 12.6. The van der Waals surface area contributed by atoms with Crippen molar-refractivity contribution in [2.45, 2.75) is 19.3 Å². The zero-order valence-electron chi connectivity index (χ0n) is 25.3. The van der Waals surface area contributed by atoms with Crippen molar-refractivity contribution in [3.05, 3.63) is 163 Å². The predicted molar refractivity (Wildman–Crippen MR) is 189 cm³/mol. The Hall–Kier alpha value is -5.60. The molecule has 0 saturated carbocycles. The van der Waals surface area contributed by atoms with Crippen molar-refractivity contribution >= 4 is 49.8 Å². The van der Waals surface area contributed by atoms with Gasteiger partial charge in [-0.25, -0.2) is 0 Å². The molecule has 1 aliphatic rings. The molecule has 8 aromatic rings. The van der Waals surface area contributed by atoms with Crippen LogP contribution in [0.2, 0.25) is 0 Å². The number of para-hydroxylation sites is 2. The second kappa shape index (κ2) is 9.70. The van der Waals surface area contributed by atoms with Gasteiger partial charge in [0.1, 0.15) is 5.58 Å². The van der Waals surface area contributed by atoms with Gasteiger partial charge < -0.3 is 9.32 Å². The summed E-state index contributed by atoms with van der Waals surface area (Å²) in [7, 11) is 0. The molecule has 0 atom stereocenters. The molecule has 0 bridgehead atoms. The Kier molecular flexibility index (Phi) is 5.58. The van der Waals surface area contributed by atoms with Crippen LogP contribution in [0.3, 0.4) is 0 Å². The molecular weight excluding hydrogens is 546 g/mol. The molecule has 1 aromatic heterocycles. The van der Waals surface area contributed by atoms with Crippen LogP contribution >= 0.6 is 0 Å². The van der Waals surface area contributed by atoms with E-state index in [0.717, 1.165) is 50.1 Å². The number of hydrogen-bond donors (Lipinski definition) is 0. The van der Waals surface area contributed by atoms with E-state index in [2.05, 4.69) is 170 Å². The molecule has 0 aliphatic heterocycles. The first kappa shape index (κ1) is 25.9. The van der Waals surface area contributed by atoms with Crippen molar-refractivity contribution in [3.63, 3.8) is 0 Å². The van der Waals surface area contributed by atoms with Gasteiger partial charge in [0.25, 0.3) is 0 Å². The number of benzene rings is 7. The number of nitrogens with zero attached hydrogens (tertiary/aromatic N) is 1. The maximum Gasteiger partial charge on any atom is 0.159 e. The predicted octanol–water partition coefficient (Wildman–Crippen LogP) is 12.2. The van der Waals surface area contributed by atoms with E-state index in [9.17, 15) is 0 Å². The van der Waals surface area contributed by atoms with Gasteiger partial charge in [0, 0.05) is 33.1 Å². The molecule has 0 spiro atoms. The van der Waals surface area contributed by atoms with Gasteiger partial charge in [0.15, 0.2) is 5.58 Å². The molecule has 0 N–H and O–H groups in total. The zero-order valence-corrected chi connectivity index (χ0v) is 25.3. The lowest BCUT2D eigenvalue weighted by Crippen LogP contribution is -2.16. The Morgan fingerprint density at radius 3 is 2.02 bits per heavy atom. The summed E-state index contributed by atoms with van der Waals surface area (Å²) in [4.78, 5) is 2.35. The lowest BCUT2D eigenvalue weighted by Gasteiger charge is -2.28. The van der Waals surface area contributed by atoms with E-state index >= 15 is 0 Å². The Morgan fingerprint density at radius 1 is 0.489 bits per heavy atom. The van der Waals surface area contributed by atoms with Gasteiger partial charge >= 0.3 is 0 Å². The van der Waals surface area contributed by atoms with E-state index < -0.39 is 0 Å². The van der Waals surface area contributed by atoms with Crippen molar-refractivity contribution in [1.29, 1.82) is 0 Å². The summed E-state index contributed by atoms with van der Waals surface area (Å²) in [6.07, 6.45) is 0. The maximum absolute atomic E-state index is 7.04. The molecule has 1 heterocycles. The zero-order chi connectivity index (χ0) is 30.1. The monoisotopic (exact) mass is 577 g/mol. The molecule has 1 aliphatic carbocycles. The second-order valence-electron chi connectivity index (χ2n) is 12.5. The molecule has 9 rings (SSSR count). The summed E-state index contributed by atoms with van der Waals surface area (Å²) >= 11 is 0. The van der Waals surface area contributed by atoms with E-state index in [1.807, 2.05) is 0 Å². The van der Waals surface area contributed by atoms with Gasteiger partial charge in [-0.15, -0.1) is 0 Å². The van der Waals surface area contributed by atoms with E-state index in [0.29, 0.717) is 0 Å². The molecule has 0 radical (unpaired) electrons. The largest absolute Gasteiger partial charge is 0.453 e. The summed E-state index contributed by atoms with van der Waals surface area (Å²) < 4.78 is 7.04. The molecule has 2 heteroatoms. The smallest absolute Gasteiger partial charge is 0.159 e. The van der Waals surface area contributed by atoms with Gasteiger partial charge in [-0.1, -0.05) is 129 Å². The van der Waals surface area contributed by atoms with Crippen molar-refractivity contribution < 1.29 is 4.42 Å². The third-order valence-electron chi connectivity index (χ3n) is 9.63. The summed E-state index contributed by atoms with van der Waals surface area (Å²) in [6.45, 7) is 4.67. The highest BCUT2D eigenvalue weighted by atomic mass is 16.3. The van der Waals surface area contributed by atoms with Crippen LogP contribution in [0.5, 0.6) is 0 Å². The van der Waals surface area contributed by atoms with Gasteiger partial charge in [-0.3, -0.25) is 0 Å². The van der Waals surface area contributed by atoms with Crippen LogP contribution in [0.25, 0.3) is 55.0 Å². The number of furan rings is 1. The van der Waals surface area contributed by atoms with Crippen molar-refractivity contribution in [2.75, 3.05) is 4.90 Å². The minimum absolute atomic E-state index is 0.0969. The topological polar surface area (TPSA) is 16.4 Å². The second-order valence-corrected chi connectivity index (χ2v) is 12.5. The molecular formula is C43H31NO.